The Labute approximate surface area is 208 Å². The average molecular weight is 530 g/mol. The Hall–Kier alpha value is -3.25. The van der Waals surface area contributed by atoms with Gasteiger partial charge in [-0.15, -0.1) is 0 Å². The summed E-state index contributed by atoms with van der Waals surface area (Å²) < 4.78 is 56.7. The summed E-state index contributed by atoms with van der Waals surface area (Å²) in [5.74, 6) is 0.371. The second-order valence-electron chi connectivity index (χ2n) is 7.87. The number of hydrogen-bond acceptors (Lipinski definition) is 6. The highest BCUT2D eigenvalue weighted by Gasteiger charge is 2.26. The van der Waals surface area contributed by atoms with Gasteiger partial charge in [-0.25, -0.2) is 18.4 Å². The highest BCUT2D eigenvalue weighted by Crippen LogP contribution is 2.30. The van der Waals surface area contributed by atoms with Gasteiger partial charge in [0.25, 0.3) is 10.0 Å². The quantitative estimate of drug-likeness (QED) is 0.405. The number of para-hydroxylation sites is 1. The van der Waals surface area contributed by atoms with E-state index in [9.17, 15) is 16.8 Å². The van der Waals surface area contributed by atoms with Crippen LogP contribution in [0, 0.1) is 0 Å². The fourth-order valence-corrected chi connectivity index (χ4v) is 6.34. The van der Waals surface area contributed by atoms with Gasteiger partial charge in [-0.2, -0.15) is 13.1 Å². The molecule has 1 saturated heterocycles. The van der Waals surface area contributed by atoms with E-state index in [0.29, 0.717) is 41.6 Å². The Kier molecular flexibility index (Phi) is 6.09. The minimum absolute atomic E-state index is 0.0120. The van der Waals surface area contributed by atoms with Crippen LogP contribution in [0.15, 0.2) is 77.8 Å². The van der Waals surface area contributed by atoms with Crippen LogP contribution in [0.5, 0.6) is 0 Å². The molecule has 2 heterocycles. The molecule has 35 heavy (non-hydrogen) atoms. The molecule has 2 N–H and O–H groups in total. The van der Waals surface area contributed by atoms with Crippen molar-refractivity contribution in [1.82, 2.24) is 14.7 Å². The molecule has 1 aromatic heterocycles. The van der Waals surface area contributed by atoms with E-state index >= 15 is 0 Å². The van der Waals surface area contributed by atoms with Crippen molar-refractivity contribution in [2.75, 3.05) is 22.1 Å². The van der Waals surface area contributed by atoms with Gasteiger partial charge in [0, 0.05) is 35.9 Å². The third kappa shape index (κ3) is 4.80. The summed E-state index contributed by atoms with van der Waals surface area (Å²) in [6.07, 6.45) is 2.34. The summed E-state index contributed by atoms with van der Waals surface area (Å²) in [6.45, 7) is 0.701. The van der Waals surface area contributed by atoms with E-state index in [4.69, 9.17) is 11.6 Å². The summed E-state index contributed by atoms with van der Waals surface area (Å²) in [5, 5.41) is 1.25. The molecule has 0 saturated carbocycles. The lowest BCUT2D eigenvalue weighted by molar-refractivity contribution is 0.560. The molecule has 1 fully saturated rings. The van der Waals surface area contributed by atoms with Gasteiger partial charge in [0.15, 0.2) is 5.82 Å². The van der Waals surface area contributed by atoms with E-state index in [1.165, 1.54) is 28.6 Å². The van der Waals surface area contributed by atoms with E-state index in [-0.39, 0.29) is 10.6 Å². The second-order valence-corrected chi connectivity index (χ2v) is 11.6. The zero-order valence-corrected chi connectivity index (χ0v) is 20.6. The molecule has 3 aromatic carbocycles. The maximum atomic E-state index is 13.0. The predicted octanol–water partition coefficient (Wildman–Crippen LogP) is 3.80. The Morgan fingerprint density at radius 1 is 1.03 bits per heavy atom. The number of fused-ring (bicyclic) bond motifs is 1. The minimum Gasteiger partial charge on any atom is -0.280 e. The Bertz CT molecular complexity index is 1630. The van der Waals surface area contributed by atoms with Crippen molar-refractivity contribution in [3.05, 3.63) is 77.9 Å². The van der Waals surface area contributed by atoms with Crippen molar-refractivity contribution in [2.24, 2.45) is 0 Å². The number of aromatic nitrogens is 2. The summed E-state index contributed by atoms with van der Waals surface area (Å²) in [7, 11) is -7.58. The third-order valence-corrected chi connectivity index (χ3v) is 8.77. The van der Waals surface area contributed by atoms with Gasteiger partial charge in [0.1, 0.15) is 0 Å². The molecule has 9 nitrogen and oxygen atoms in total. The summed E-state index contributed by atoms with van der Waals surface area (Å²) in [4.78, 5) is 8.89. The number of nitrogens with zero attached hydrogens (tertiary/aromatic N) is 3. The summed E-state index contributed by atoms with van der Waals surface area (Å²) in [6, 6.07) is 17.9. The lowest BCUT2D eigenvalue weighted by Gasteiger charge is -2.28. The standard InChI is InChI=1S/C23H20ClN5O4S2/c24-21-11-6-17(14-20(21)23-25-15-16-4-1-2-5-22(16)27-23)28-34(30,31)19-9-7-18(8-10-19)29-13-3-12-26-35(29,32)33/h1-2,4-11,14-15,26,28H,3,12-13H2. The lowest BCUT2D eigenvalue weighted by atomic mass is 10.1. The van der Waals surface area contributed by atoms with E-state index in [1.54, 1.807) is 24.4 Å². The van der Waals surface area contributed by atoms with Crippen LogP contribution in [-0.4, -0.2) is 39.9 Å². The van der Waals surface area contributed by atoms with Crippen molar-refractivity contribution in [3.63, 3.8) is 0 Å². The first-order chi connectivity index (χ1) is 16.7. The van der Waals surface area contributed by atoms with Crippen molar-refractivity contribution in [1.29, 1.82) is 0 Å². The molecule has 0 radical (unpaired) electrons. The van der Waals surface area contributed by atoms with Crippen molar-refractivity contribution < 1.29 is 16.8 Å². The van der Waals surface area contributed by atoms with Crippen molar-refractivity contribution in [3.8, 4) is 11.4 Å². The van der Waals surface area contributed by atoms with Crippen molar-refractivity contribution >= 4 is 54.1 Å². The van der Waals surface area contributed by atoms with Crippen LogP contribution < -0.4 is 13.7 Å². The topological polar surface area (TPSA) is 121 Å². The third-order valence-electron chi connectivity index (χ3n) is 5.50. The number of halogens is 1. The molecule has 0 aliphatic carbocycles. The smallest absolute Gasteiger partial charge is 0.280 e. The number of benzene rings is 3. The first kappa shape index (κ1) is 23.5. The molecule has 0 unspecified atom stereocenters. The largest absolute Gasteiger partial charge is 0.301 e. The van der Waals surface area contributed by atoms with Gasteiger partial charge in [-0.3, -0.25) is 9.03 Å². The van der Waals surface area contributed by atoms with Crippen LogP contribution in [-0.2, 0) is 20.2 Å². The number of sulfonamides is 1. The van der Waals surface area contributed by atoms with Crippen LogP contribution in [0.2, 0.25) is 5.02 Å². The SMILES string of the molecule is O=S(=O)(Nc1ccc(Cl)c(-c2ncc3ccccc3n2)c1)c1ccc(N2CCCNS2(=O)=O)cc1. The van der Waals surface area contributed by atoms with E-state index in [1.807, 2.05) is 24.3 Å². The van der Waals surface area contributed by atoms with Gasteiger partial charge in [-0.1, -0.05) is 29.8 Å². The zero-order valence-electron chi connectivity index (χ0n) is 18.2. The lowest BCUT2D eigenvalue weighted by Crippen LogP contribution is -2.47. The molecule has 1 aliphatic heterocycles. The number of hydrogen-bond donors (Lipinski definition) is 2. The molecule has 4 aromatic rings. The molecular formula is C23H20ClN5O4S2. The highest BCUT2D eigenvalue weighted by atomic mass is 35.5. The van der Waals surface area contributed by atoms with Crippen LogP contribution in [0.1, 0.15) is 6.42 Å². The maximum Gasteiger partial charge on any atom is 0.301 e. The van der Waals surface area contributed by atoms with Gasteiger partial charge < -0.3 is 0 Å². The molecule has 0 atom stereocenters. The van der Waals surface area contributed by atoms with Gasteiger partial charge >= 0.3 is 10.2 Å². The fraction of sp³-hybridized carbons (Fsp3) is 0.130. The monoisotopic (exact) mass is 529 g/mol. The number of anilines is 2. The van der Waals surface area contributed by atoms with Crippen LogP contribution in [0.25, 0.3) is 22.3 Å². The second kappa shape index (κ2) is 9.08. The Morgan fingerprint density at radius 2 is 1.80 bits per heavy atom. The molecular weight excluding hydrogens is 510 g/mol. The number of rotatable bonds is 5. The normalized spacial score (nSPS) is 15.7. The maximum absolute atomic E-state index is 13.0. The number of nitrogens with one attached hydrogen (secondary N) is 2. The Balaban J connectivity index is 1.41. The molecule has 0 spiro atoms. The van der Waals surface area contributed by atoms with Gasteiger partial charge in [-0.05, 0) is 55.0 Å². The first-order valence-corrected chi connectivity index (χ1v) is 13.9. The van der Waals surface area contributed by atoms with Crippen LogP contribution in [0.4, 0.5) is 11.4 Å². The van der Waals surface area contributed by atoms with Gasteiger partial charge in [0.2, 0.25) is 0 Å². The summed E-state index contributed by atoms with van der Waals surface area (Å²) >= 11 is 6.37. The first-order valence-electron chi connectivity index (χ1n) is 10.6. The summed E-state index contributed by atoms with van der Waals surface area (Å²) in [5.41, 5.74) is 1.90. The van der Waals surface area contributed by atoms with E-state index in [2.05, 4.69) is 19.4 Å². The Morgan fingerprint density at radius 3 is 2.57 bits per heavy atom. The van der Waals surface area contributed by atoms with Crippen LogP contribution in [0.3, 0.4) is 0 Å². The molecule has 1 aliphatic rings. The molecule has 0 amide bonds. The van der Waals surface area contributed by atoms with E-state index < -0.39 is 20.2 Å². The fourth-order valence-electron chi connectivity index (χ4n) is 3.76. The highest BCUT2D eigenvalue weighted by molar-refractivity contribution is 7.92. The molecule has 5 rings (SSSR count). The predicted molar refractivity (Wildman–Crippen MR) is 136 cm³/mol. The average Bonchev–Trinajstić information content (AvgIpc) is 2.84. The molecule has 12 heteroatoms. The van der Waals surface area contributed by atoms with Crippen molar-refractivity contribution in [2.45, 2.75) is 11.3 Å². The molecule has 180 valence electrons. The van der Waals surface area contributed by atoms with Crippen LogP contribution >= 0.6 is 11.6 Å². The van der Waals surface area contributed by atoms with Gasteiger partial charge in [0.05, 0.1) is 21.1 Å². The minimum atomic E-state index is -3.95. The van der Waals surface area contributed by atoms with E-state index in [0.717, 1.165) is 10.9 Å². The molecule has 0 bridgehead atoms. The zero-order chi connectivity index (χ0) is 24.6.